The van der Waals surface area contributed by atoms with Crippen molar-refractivity contribution in [2.24, 2.45) is 0 Å². The molecule has 0 saturated carbocycles. The lowest BCUT2D eigenvalue weighted by atomic mass is 10.1. The Bertz CT molecular complexity index is 448. The molecule has 1 unspecified atom stereocenters. The van der Waals surface area contributed by atoms with Gasteiger partial charge in [-0.3, -0.25) is 0 Å². The fourth-order valence-electron chi connectivity index (χ4n) is 2.28. The summed E-state index contributed by atoms with van der Waals surface area (Å²) in [5.74, 6) is 1.77. The summed E-state index contributed by atoms with van der Waals surface area (Å²) in [4.78, 5) is 0. The van der Waals surface area contributed by atoms with E-state index in [-0.39, 0.29) is 11.6 Å². The summed E-state index contributed by atoms with van der Waals surface area (Å²) in [5, 5.41) is 3.50. The summed E-state index contributed by atoms with van der Waals surface area (Å²) in [6.45, 7) is 8.75. The second kappa shape index (κ2) is 7.14. The van der Waals surface area contributed by atoms with Crippen LogP contribution >= 0.6 is 0 Å². The van der Waals surface area contributed by atoms with Crippen molar-refractivity contribution in [3.05, 3.63) is 23.8 Å². The Hall–Kier alpha value is -1.26. The van der Waals surface area contributed by atoms with Crippen LogP contribution in [-0.4, -0.2) is 32.0 Å². The van der Waals surface area contributed by atoms with Crippen LogP contribution < -0.4 is 14.8 Å². The molecule has 2 rings (SSSR count). The zero-order valence-corrected chi connectivity index (χ0v) is 13.6. The predicted molar refractivity (Wildman–Crippen MR) is 84.1 cm³/mol. The molecule has 4 nitrogen and oxygen atoms in total. The molecule has 1 aromatic rings. The molecule has 1 atom stereocenters. The minimum atomic E-state index is 0.0638. The van der Waals surface area contributed by atoms with Crippen LogP contribution in [0.15, 0.2) is 18.2 Å². The lowest BCUT2D eigenvalue weighted by molar-refractivity contribution is 0.00695. The highest BCUT2D eigenvalue weighted by molar-refractivity contribution is 5.40. The van der Waals surface area contributed by atoms with E-state index in [0.29, 0.717) is 6.61 Å². The Labute approximate surface area is 127 Å². The van der Waals surface area contributed by atoms with E-state index in [2.05, 4.69) is 26.1 Å². The summed E-state index contributed by atoms with van der Waals surface area (Å²) in [6, 6.07) is 5.98. The fourth-order valence-corrected chi connectivity index (χ4v) is 2.28. The van der Waals surface area contributed by atoms with Gasteiger partial charge >= 0.3 is 0 Å². The zero-order valence-electron chi connectivity index (χ0n) is 13.6. The molecule has 1 heterocycles. The summed E-state index contributed by atoms with van der Waals surface area (Å²) >= 11 is 0. The van der Waals surface area contributed by atoms with Gasteiger partial charge < -0.3 is 19.5 Å². The standard InChI is InChI=1S/C17H27NO3/c1-17(2,3)18-11-13-10-14(19-4)7-8-16(13)21-15-6-5-9-20-12-15/h7-8,10,15,18H,5-6,9,11-12H2,1-4H3. The Morgan fingerprint density at radius 3 is 2.76 bits per heavy atom. The summed E-state index contributed by atoms with van der Waals surface area (Å²) in [6.07, 6.45) is 2.27. The van der Waals surface area contributed by atoms with Gasteiger partial charge in [0.15, 0.2) is 0 Å². The Morgan fingerprint density at radius 2 is 2.14 bits per heavy atom. The van der Waals surface area contributed by atoms with Crippen molar-refractivity contribution in [1.82, 2.24) is 5.32 Å². The van der Waals surface area contributed by atoms with Crippen LogP contribution in [0.1, 0.15) is 39.2 Å². The van der Waals surface area contributed by atoms with Gasteiger partial charge in [0.25, 0.3) is 0 Å². The third-order valence-electron chi connectivity index (χ3n) is 3.49. The van der Waals surface area contributed by atoms with E-state index >= 15 is 0 Å². The van der Waals surface area contributed by atoms with Crippen molar-refractivity contribution in [3.8, 4) is 11.5 Å². The first-order valence-corrected chi connectivity index (χ1v) is 7.64. The quantitative estimate of drug-likeness (QED) is 0.905. The van der Waals surface area contributed by atoms with Gasteiger partial charge in [0.05, 0.1) is 13.7 Å². The van der Waals surface area contributed by atoms with Gasteiger partial charge in [-0.2, -0.15) is 0 Å². The summed E-state index contributed by atoms with van der Waals surface area (Å²) in [7, 11) is 1.69. The SMILES string of the molecule is COc1ccc(OC2CCCOC2)c(CNC(C)(C)C)c1. The third kappa shape index (κ3) is 5.21. The normalized spacial score (nSPS) is 19.3. The number of methoxy groups -OCH3 is 1. The molecule has 21 heavy (non-hydrogen) atoms. The number of hydrogen-bond acceptors (Lipinski definition) is 4. The topological polar surface area (TPSA) is 39.7 Å². The first kappa shape index (κ1) is 16.1. The van der Waals surface area contributed by atoms with Gasteiger partial charge in [-0.05, 0) is 51.8 Å². The molecule has 1 N–H and O–H groups in total. The third-order valence-corrected chi connectivity index (χ3v) is 3.49. The molecular formula is C17H27NO3. The maximum atomic E-state index is 6.13. The number of ether oxygens (including phenoxy) is 3. The van der Waals surface area contributed by atoms with Gasteiger partial charge in [-0.1, -0.05) is 0 Å². The average Bonchev–Trinajstić information content (AvgIpc) is 2.46. The minimum absolute atomic E-state index is 0.0638. The first-order valence-electron chi connectivity index (χ1n) is 7.64. The maximum Gasteiger partial charge on any atom is 0.124 e. The highest BCUT2D eigenvalue weighted by atomic mass is 16.5. The molecule has 1 aliphatic heterocycles. The molecule has 118 valence electrons. The molecule has 4 heteroatoms. The molecule has 0 aliphatic carbocycles. The van der Waals surface area contributed by atoms with Crippen molar-refractivity contribution < 1.29 is 14.2 Å². The maximum absolute atomic E-state index is 6.13. The minimum Gasteiger partial charge on any atom is -0.497 e. The molecular weight excluding hydrogens is 266 g/mol. The van der Waals surface area contributed by atoms with Crippen LogP contribution in [0.5, 0.6) is 11.5 Å². The van der Waals surface area contributed by atoms with Gasteiger partial charge in [-0.25, -0.2) is 0 Å². The van der Waals surface area contributed by atoms with Crippen LogP contribution in [0.3, 0.4) is 0 Å². The van der Waals surface area contributed by atoms with Crippen molar-refractivity contribution in [2.45, 2.75) is 51.8 Å². The predicted octanol–water partition coefficient (Wildman–Crippen LogP) is 3.14. The molecule has 1 fully saturated rings. The molecule has 1 aliphatic rings. The Balaban J connectivity index is 2.10. The second-order valence-electron chi connectivity index (χ2n) is 6.53. The van der Waals surface area contributed by atoms with Crippen LogP contribution in [0.4, 0.5) is 0 Å². The monoisotopic (exact) mass is 293 g/mol. The molecule has 0 radical (unpaired) electrons. The largest absolute Gasteiger partial charge is 0.497 e. The Kier molecular flexibility index (Phi) is 5.48. The smallest absolute Gasteiger partial charge is 0.124 e. The number of nitrogens with one attached hydrogen (secondary N) is 1. The lowest BCUT2D eigenvalue weighted by Crippen LogP contribution is -2.35. The highest BCUT2D eigenvalue weighted by Gasteiger charge is 2.18. The van der Waals surface area contributed by atoms with Gasteiger partial charge in [0.1, 0.15) is 17.6 Å². The van der Waals surface area contributed by atoms with E-state index in [0.717, 1.165) is 43.1 Å². The summed E-state index contributed by atoms with van der Waals surface area (Å²) in [5.41, 5.74) is 1.18. The van der Waals surface area contributed by atoms with Crippen LogP contribution in [0.2, 0.25) is 0 Å². The van der Waals surface area contributed by atoms with Crippen LogP contribution in [0.25, 0.3) is 0 Å². The van der Waals surface area contributed by atoms with Crippen molar-refractivity contribution in [1.29, 1.82) is 0 Å². The molecule has 0 aromatic heterocycles. The molecule has 0 amide bonds. The molecule has 0 bridgehead atoms. The van der Waals surface area contributed by atoms with Crippen LogP contribution in [-0.2, 0) is 11.3 Å². The van der Waals surface area contributed by atoms with Gasteiger partial charge in [0.2, 0.25) is 0 Å². The van der Waals surface area contributed by atoms with E-state index in [9.17, 15) is 0 Å². The van der Waals surface area contributed by atoms with Crippen molar-refractivity contribution >= 4 is 0 Å². The summed E-state index contributed by atoms with van der Waals surface area (Å²) < 4.78 is 16.9. The first-order chi connectivity index (χ1) is 9.98. The van der Waals surface area contributed by atoms with Crippen molar-refractivity contribution in [3.63, 3.8) is 0 Å². The number of hydrogen-bond donors (Lipinski definition) is 1. The zero-order chi connectivity index (χ0) is 15.3. The van der Waals surface area contributed by atoms with E-state index in [1.807, 2.05) is 18.2 Å². The lowest BCUT2D eigenvalue weighted by Gasteiger charge is -2.26. The average molecular weight is 293 g/mol. The molecule has 1 saturated heterocycles. The molecule has 0 spiro atoms. The number of benzene rings is 1. The van der Waals surface area contributed by atoms with Gasteiger partial charge in [-0.15, -0.1) is 0 Å². The van der Waals surface area contributed by atoms with Crippen LogP contribution in [0, 0.1) is 0 Å². The fraction of sp³-hybridized carbons (Fsp3) is 0.647. The van der Waals surface area contributed by atoms with E-state index in [4.69, 9.17) is 14.2 Å². The Morgan fingerprint density at radius 1 is 1.33 bits per heavy atom. The highest BCUT2D eigenvalue weighted by Crippen LogP contribution is 2.27. The van der Waals surface area contributed by atoms with Gasteiger partial charge in [0, 0.05) is 24.3 Å². The van der Waals surface area contributed by atoms with E-state index in [1.165, 1.54) is 0 Å². The van der Waals surface area contributed by atoms with E-state index < -0.39 is 0 Å². The van der Waals surface area contributed by atoms with Crippen molar-refractivity contribution in [2.75, 3.05) is 20.3 Å². The van der Waals surface area contributed by atoms with E-state index in [1.54, 1.807) is 7.11 Å². The molecule has 1 aromatic carbocycles. The second-order valence-corrected chi connectivity index (χ2v) is 6.53. The number of rotatable bonds is 5.